The predicted molar refractivity (Wildman–Crippen MR) is 76.7 cm³/mol. The molecule has 0 aromatic heterocycles. The van der Waals surface area contributed by atoms with Crippen LogP contribution in [0.15, 0.2) is 42.5 Å². The molecule has 0 saturated heterocycles. The van der Waals surface area contributed by atoms with Crippen molar-refractivity contribution >= 4 is 15.9 Å². The van der Waals surface area contributed by atoms with Gasteiger partial charge in [0.2, 0.25) is 0 Å². The summed E-state index contributed by atoms with van der Waals surface area (Å²) < 4.78 is 25.0. The third kappa shape index (κ3) is 3.26. The minimum absolute atomic E-state index is 0.228. The van der Waals surface area contributed by atoms with Gasteiger partial charge < -0.3 is 9.47 Å². The van der Waals surface area contributed by atoms with Crippen LogP contribution in [0.1, 0.15) is 12.5 Å². The molecule has 2 aromatic carbocycles. The Balaban J connectivity index is 2.36. The Morgan fingerprint density at radius 1 is 1.05 bits per heavy atom. The van der Waals surface area contributed by atoms with Crippen molar-refractivity contribution in [3.8, 4) is 17.2 Å². The van der Waals surface area contributed by atoms with E-state index in [0.29, 0.717) is 23.4 Å². The molecule has 4 heteroatoms. The summed E-state index contributed by atoms with van der Waals surface area (Å²) >= 11 is 3.33. The number of alkyl halides is 1. The maximum atomic E-state index is 13.9. The summed E-state index contributed by atoms with van der Waals surface area (Å²) in [5.41, 5.74) is 0.756. The van der Waals surface area contributed by atoms with Crippen molar-refractivity contribution < 1.29 is 13.9 Å². The molecular formula is C15H14BrFO2. The summed E-state index contributed by atoms with van der Waals surface area (Å²) in [6, 6.07) is 12.1. The quantitative estimate of drug-likeness (QED) is 0.727. The van der Waals surface area contributed by atoms with Gasteiger partial charge in [-0.05, 0) is 25.1 Å². The highest BCUT2D eigenvalue weighted by Crippen LogP contribution is 2.35. The molecule has 0 saturated carbocycles. The summed E-state index contributed by atoms with van der Waals surface area (Å²) in [6.07, 6.45) is 0. The van der Waals surface area contributed by atoms with Gasteiger partial charge in [0.15, 0.2) is 23.1 Å². The molecule has 0 spiro atoms. The first-order chi connectivity index (χ1) is 9.26. The summed E-state index contributed by atoms with van der Waals surface area (Å²) in [7, 11) is 0. The van der Waals surface area contributed by atoms with E-state index in [1.54, 1.807) is 18.2 Å². The molecular weight excluding hydrogens is 311 g/mol. The van der Waals surface area contributed by atoms with E-state index in [9.17, 15) is 4.39 Å². The molecule has 2 rings (SSSR count). The van der Waals surface area contributed by atoms with E-state index in [1.165, 1.54) is 6.07 Å². The minimum Gasteiger partial charge on any atom is -0.490 e. The monoisotopic (exact) mass is 324 g/mol. The van der Waals surface area contributed by atoms with Gasteiger partial charge in [-0.2, -0.15) is 0 Å². The first-order valence-electron chi connectivity index (χ1n) is 5.99. The Hall–Kier alpha value is -1.55. The second kappa shape index (κ2) is 6.57. The van der Waals surface area contributed by atoms with Crippen LogP contribution in [-0.2, 0) is 5.33 Å². The molecule has 0 atom stereocenters. The summed E-state index contributed by atoms with van der Waals surface area (Å²) in [6.45, 7) is 2.42. The van der Waals surface area contributed by atoms with Crippen LogP contribution < -0.4 is 9.47 Å². The molecule has 2 nitrogen and oxygen atoms in total. The molecule has 0 radical (unpaired) electrons. The Morgan fingerprint density at radius 2 is 1.79 bits per heavy atom. The van der Waals surface area contributed by atoms with Crippen LogP contribution in [0, 0.1) is 5.82 Å². The van der Waals surface area contributed by atoms with Gasteiger partial charge in [0.05, 0.1) is 6.61 Å². The molecule has 2 aromatic rings. The van der Waals surface area contributed by atoms with Gasteiger partial charge in [0.1, 0.15) is 0 Å². The lowest BCUT2D eigenvalue weighted by atomic mass is 10.2. The maximum Gasteiger partial charge on any atom is 0.169 e. The number of rotatable bonds is 5. The van der Waals surface area contributed by atoms with E-state index in [1.807, 2.05) is 25.1 Å². The fourth-order valence-electron chi connectivity index (χ4n) is 1.69. The predicted octanol–water partition coefficient (Wildman–Crippen LogP) is 4.91. The Bertz CT molecular complexity index is 558. The Morgan fingerprint density at radius 3 is 2.47 bits per heavy atom. The Kier molecular flexibility index (Phi) is 4.80. The largest absolute Gasteiger partial charge is 0.490 e. The normalized spacial score (nSPS) is 10.3. The van der Waals surface area contributed by atoms with Gasteiger partial charge in [0.25, 0.3) is 0 Å². The summed E-state index contributed by atoms with van der Waals surface area (Å²) in [4.78, 5) is 0. The van der Waals surface area contributed by atoms with Crippen molar-refractivity contribution in [3.63, 3.8) is 0 Å². The lowest BCUT2D eigenvalue weighted by molar-refractivity contribution is 0.318. The number of halogens is 2. The number of ether oxygens (including phenoxy) is 2. The third-order valence-corrected chi connectivity index (χ3v) is 3.16. The second-order valence-electron chi connectivity index (χ2n) is 3.84. The van der Waals surface area contributed by atoms with Crippen molar-refractivity contribution in [1.29, 1.82) is 0 Å². The van der Waals surface area contributed by atoms with Crippen LogP contribution >= 0.6 is 15.9 Å². The van der Waals surface area contributed by atoms with Crippen molar-refractivity contribution in [1.82, 2.24) is 0 Å². The van der Waals surface area contributed by atoms with Gasteiger partial charge in [-0.25, -0.2) is 4.39 Å². The van der Waals surface area contributed by atoms with Crippen molar-refractivity contribution in [2.45, 2.75) is 12.3 Å². The zero-order valence-corrected chi connectivity index (χ0v) is 12.1. The van der Waals surface area contributed by atoms with Gasteiger partial charge in [0, 0.05) is 10.9 Å². The summed E-state index contributed by atoms with van der Waals surface area (Å²) in [5, 5.41) is 0.525. The summed E-state index contributed by atoms with van der Waals surface area (Å²) in [5.74, 6) is 0.959. The highest BCUT2D eigenvalue weighted by atomic mass is 79.9. The number of para-hydroxylation sites is 3. The Labute approximate surface area is 120 Å². The number of hydrogen-bond acceptors (Lipinski definition) is 2. The highest BCUT2D eigenvalue weighted by molar-refractivity contribution is 9.08. The molecule has 0 fully saturated rings. The van der Waals surface area contributed by atoms with E-state index in [2.05, 4.69) is 15.9 Å². The van der Waals surface area contributed by atoms with E-state index in [-0.39, 0.29) is 11.6 Å². The molecule has 19 heavy (non-hydrogen) atoms. The highest BCUT2D eigenvalue weighted by Gasteiger charge is 2.12. The van der Waals surface area contributed by atoms with Gasteiger partial charge >= 0.3 is 0 Å². The van der Waals surface area contributed by atoms with Gasteiger partial charge in [-0.15, -0.1) is 0 Å². The van der Waals surface area contributed by atoms with E-state index >= 15 is 0 Å². The van der Waals surface area contributed by atoms with E-state index in [4.69, 9.17) is 9.47 Å². The lowest BCUT2D eigenvalue weighted by Gasteiger charge is -2.13. The topological polar surface area (TPSA) is 18.5 Å². The molecule has 0 unspecified atom stereocenters. The number of hydrogen-bond donors (Lipinski definition) is 0. The molecule has 100 valence electrons. The average Bonchev–Trinajstić information content (AvgIpc) is 2.43. The van der Waals surface area contributed by atoms with Crippen molar-refractivity contribution in [2.24, 2.45) is 0 Å². The molecule has 0 amide bonds. The van der Waals surface area contributed by atoms with Crippen LogP contribution in [0.2, 0.25) is 0 Å². The standard InChI is InChI=1S/C15H14BrFO2/c1-2-18-13-8-3-4-9-14(13)19-15-11(10-16)6-5-7-12(15)17/h3-9H,2,10H2,1H3. The molecule has 0 bridgehead atoms. The third-order valence-electron chi connectivity index (χ3n) is 2.55. The lowest BCUT2D eigenvalue weighted by Crippen LogP contribution is -1.97. The molecule has 0 aliphatic heterocycles. The van der Waals surface area contributed by atoms with E-state index < -0.39 is 0 Å². The first kappa shape index (κ1) is 13.9. The first-order valence-corrected chi connectivity index (χ1v) is 7.11. The van der Waals surface area contributed by atoms with Crippen LogP contribution in [-0.4, -0.2) is 6.61 Å². The van der Waals surface area contributed by atoms with Crippen LogP contribution in [0.25, 0.3) is 0 Å². The molecule has 0 aliphatic carbocycles. The fourth-order valence-corrected chi connectivity index (χ4v) is 2.13. The fraction of sp³-hybridized carbons (Fsp3) is 0.200. The smallest absolute Gasteiger partial charge is 0.169 e. The van der Waals surface area contributed by atoms with Crippen molar-refractivity contribution in [3.05, 3.63) is 53.8 Å². The zero-order chi connectivity index (χ0) is 13.7. The minimum atomic E-state index is -0.386. The van der Waals surface area contributed by atoms with Crippen molar-refractivity contribution in [2.75, 3.05) is 6.61 Å². The van der Waals surface area contributed by atoms with E-state index in [0.717, 1.165) is 5.56 Å². The second-order valence-corrected chi connectivity index (χ2v) is 4.40. The van der Waals surface area contributed by atoms with Gasteiger partial charge in [-0.1, -0.05) is 40.2 Å². The SMILES string of the molecule is CCOc1ccccc1Oc1c(F)cccc1CBr. The number of benzene rings is 2. The molecule has 0 heterocycles. The average molecular weight is 325 g/mol. The maximum absolute atomic E-state index is 13.9. The van der Waals surface area contributed by atoms with Crippen LogP contribution in [0.5, 0.6) is 17.2 Å². The molecule has 0 N–H and O–H groups in total. The van der Waals surface area contributed by atoms with Crippen LogP contribution in [0.4, 0.5) is 4.39 Å². The van der Waals surface area contributed by atoms with Crippen LogP contribution in [0.3, 0.4) is 0 Å². The zero-order valence-electron chi connectivity index (χ0n) is 10.5. The molecule has 0 aliphatic rings. The van der Waals surface area contributed by atoms with Gasteiger partial charge in [-0.3, -0.25) is 0 Å².